The molecule has 0 atom stereocenters. The molecule has 4 nitrogen and oxygen atoms in total. The summed E-state index contributed by atoms with van der Waals surface area (Å²) < 4.78 is 7.63. The van der Waals surface area contributed by atoms with Crippen LogP contribution in [0, 0.1) is 0 Å². The van der Waals surface area contributed by atoms with Crippen LogP contribution in [0.2, 0.25) is 0 Å². The van der Waals surface area contributed by atoms with Crippen molar-refractivity contribution in [2.75, 3.05) is 0 Å². The number of benzene rings is 1. The van der Waals surface area contributed by atoms with Crippen LogP contribution in [0.3, 0.4) is 0 Å². The molecule has 3 heterocycles. The van der Waals surface area contributed by atoms with Gasteiger partial charge in [-0.2, -0.15) is 4.98 Å². The zero-order valence-corrected chi connectivity index (χ0v) is 8.29. The number of aromatic nitrogens is 3. The molecule has 0 saturated heterocycles. The van der Waals surface area contributed by atoms with Gasteiger partial charge in [-0.15, -0.1) is 0 Å². The summed E-state index contributed by atoms with van der Waals surface area (Å²) in [5.41, 5.74) is 3.55. The van der Waals surface area contributed by atoms with Gasteiger partial charge in [0.2, 0.25) is 0 Å². The number of pyridine rings is 1. The van der Waals surface area contributed by atoms with Crippen molar-refractivity contribution in [1.29, 1.82) is 0 Å². The molecule has 4 heteroatoms. The second-order valence-electron chi connectivity index (χ2n) is 3.65. The Labute approximate surface area is 90.1 Å². The van der Waals surface area contributed by atoms with Gasteiger partial charge in [0.1, 0.15) is 0 Å². The van der Waals surface area contributed by atoms with Crippen LogP contribution in [0.15, 0.2) is 47.0 Å². The van der Waals surface area contributed by atoms with Crippen molar-refractivity contribution in [2.45, 2.75) is 0 Å². The molecule has 0 amide bonds. The van der Waals surface area contributed by atoms with Gasteiger partial charge in [0.05, 0.1) is 11.0 Å². The molecule has 1 aromatic carbocycles. The first-order valence-corrected chi connectivity index (χ1v) is 5.04. The van der Waals surface area contributed by atoms with Crippen LogP contribution < -0.4 is 0 Å². The lowest BCUT2D eigenvalue weighted by Gasteiger charge is -1.90. The topological polar surface area (TPSA) is 43.3 Å². The molecule has 76 valence electrons. The highest BCUT2D eigenvalue weighted by Crippen LogP contribution is 2.23. The first-order chi connectivity index (χ1) is 7.93. The average Bonchev–Trinajstić information content (AvgIpc) is 2.83. The van der Waals surface area contributed by atoms with Crippen LogP contribution in [0.4, 0.5) is 0 Å². The van der Waals surface area contributed by atoms with Gasteiger partial charge < -0.3 is 4.42 Å². The van der Waals surface area contributed by atoms with Crippen molar-refractivity contribution in [2.24, 2.45) is 0 Å². The largest absolute Gasteiger partial charge is 0.423 e. The summed E-state index contributed by atoms with van der Waals surface area (Å²) in [5.74, 6) is 0.593. The van der Waals surface area contributed by atoms with Crippen LogP contribution in [0.1, 0.15) is 0 Å². The van der Waals surface area contributed by atoms with E-state index >= 15 is 0 Å². The van der Waals surface area contributed by atoms with Crippen LogP contribution in [-0.2, 0) is 0 Å². The number of nitrogens with zero attached hydrogens (tertiary/aromatic N) is 3. The van der Waals surface area contributed by atoms with E-state index < -0.39 is 0 Å². The molecule has 3 aromatic heterocycles. The van der Waals surface area contributed by atoms with Crippen molar-refractivity contribution in [3.05, 3.63) is 42.6 Å². The second-order valence-corrected chi connectivity index (χ2v) is 3.65. The van der Waals surface area contributed by atoms with Gasteiger partial charge in [0.15, 0.2) is 11.2 Å². The van der Waals surface area contributed by atoms with E-state index in [2.05, 4.69) is 9.97 Å². The number of hydrogen-bond acceptors (Lipinski definition) is 3. The highest BCUT2D eigenvalue weighted by atomic mass is 16.4. The third-order valence-corrected chi connectivity index (χ3v) is 2.71. The number of oxazole rings is 1. The minimum Gasteiger partial charge on any atom is -0.423 e. The maximum absolute atomic E-state index is 5.65. The Hall–Kier alpha value is -2.36. The van der Waals surface area contributed by atoms with E-state index in [0.29, 0.717) is 11.5 Å². The van der Waals surface area contributed by atoms with Gasteiger partial charge >= 0.3 is 5.84 Å². The van der Waals surface area contributed by atoms with E-state index in [0.717, 1.165) is 16.6 Å². The molecular formula is C12H7N3O. The lowest BCUT2D eigenvalue weighted by molar-refractivity contribution is 0.643. The van der Waals surface area contributed by atoms with Gasteiger partial charge in [-0.3, -0.25) is 4.40 Å². The number of imidazole rings is 1. The summed E-state index contributed by atoms with van der Waals surface area (Å²) in [7, 11) is 0. The average molecular weight is 209 g/mol. The van der Waals surface area contributed by atoms with E-state index in [9.17, 15) is 0 Å². The Morgan fingerprint density at radius 2 is 1.88 bits per heavy atom. The van der Waals surface area contributed by atoms with Crippen LogP contribution >= 0.6 is 0 Å². The quantitative estimate of drug-likeness (QED) is 0.447. The summed E-state index contributed by atoms with van der Waals surface area (Å²) in [6.07, 6.45) is 1.73. The molecule has 4 rings (SSSR count). The van der Waals surface area contributed by atoms with E-state index in [1.54, 1.807) is 6.20 Å². The first-order valence-electron chi connectivity index (χ1n) is 5.04. The standard InChI is InChI=1S/C12H7N3O/c1-2-6-10-8(4-1)15-9-5-3-7-13-11(9)14-12(15)16-10/h1-7H. The van der Waals surface area contributed by atoms with Crippen molar-refractivity contribution in [3.8, 4) is 0 Å². The Balaban J connectivity index is 2.38. The van der Waals surface area contributed by atoms with E-state index in [1.807, 2.05) is 40.8 Å². The van der Waals surface area contributed by atoms with Crippen molar-refractivity contribution in [3.63, 3.8) is 0 Å². The van der Waals surface area contributed by atoms with Gasteiger partial charge in [-0.25, -0.2) is 4.98 Å². The maximum atomic E-state index is 5.65. The molecule has 0 aliphatic carbocycles. The Morgan fingerprint density at radius 1 is 1.00 bits per heavy atom. The van der Waals surface area contributed by atoms with Crippen molar-refractivity contribution < 1.29 is 4.42 Å². The Kier molecular flexibility index (Phi) is 1.28. The molecule has 0 fully saturated rings. The minimum atomic E-state index is 0.593. The summed E-state index contributed by atoms with van der Waals surface area (Å²) in [6, 6.07) is 11.8. The van der Waals surface area contributed by atoms with Crippen LogP contribution in [0.5, 0.6) is 0 Å². The van der Waals surface area contributed by atoms with Gasteiger partial charge in [-0.1, -0.05) is 12.1 Å². The lowest BCUT2D eigenvalue weighted by Crippen LogP contribution is -1.80. The second kappa shape index (κ2) is 2.61. The van der Waals surface area contributed by atoms with Gasteiger partial charge in [0, 0.05) is 6.20 Å². The van der Waals surface area contributed by atoms with E-state index in [4.69, 9.17) is 4.42 Å². The van der Waals surface area contributed by atoms with Gasteiger partial charge in [-0.05, 0) is 24.3 Å². The highest BCUT2D eigenvalue weighted by Gasteiger charge is 2.11. The van der Waals surface area contributed by atoms with Crippen LogP contribution in [-0.4, -0.2) is 14.4 Å². The van der Waals surface area contributed by atoms with Crippen molar-refractivity contribution >= 4 is 28.1 Å². The number of para-hydroxylation sites is 2. The van der Waals surface area contributed by atoms with E-state index in [1.165, 1.54) is 0 Å². The fraction of sp³-hybridized carbons (Fsp3) is 0. The normalized spacial score (nSPS) is 11.8. The van der Waals surface area contributed by atoms with E-state index in [-0.39, 0.29) is 0 Å². The zero-order valence-electron chi connectivity index (χ0n) is 8.29. The van der Waals surface area contributed by atoms with Crippen LogP contribution in [0.25, 0.3) is 28.1 Å². The SMILES string of the molecule is c1ccc2c(c1)oc1nc3ncccc3n12. The van der Waals surface area contributed by atoms with Gasteiger partial charge in [0.25, 0.3) is 0 Å². The molecule has 0 bridgehead atoms. The third-order valence-electron chi connectivity index (χ3n) is 2.71. The molecule has 0 spiro atoms. The molecule has 0 N–H and O–H groups in total. The Bertz CT molecular complexity index is 747. The Morgan fingerprint density at radius 3 is 2.88 bits per heavy atom. The zero-order chi connectivity index (χ0) is 10.5. The fourth-order valence-electron chi connectivity index (χ4n) is 2.02. The first kappa shape index (κ1) is 7.87. The molecule has 16 heavy (non-hydrogen) atoms. The lowest BCUT2D eigenvalue weighted by atomic mass is 10.3. The van der Waals surface area contributed by atoms with Crippen molar-refractivity contribution in [1.82, 2.24) is 14.4 Å². The fourth-order valence-corrected chi connectivity index (χ4v) is 2.02. The smallest absolute Gasteiger partial charge is 0.309 e. The monoisotopic (exact) mass is 209 g/mol. The summed E-state index contributed by atoms with van der Waals surface area (Å²) in [6.45, 7) is 0. The number of fused-ring (bicyclic) bond motifs is 5. The third kappa shape index (κ3) is 0.839. The molecule has 0 saturated carbocycles. The summed E-state index contributed by atoms with van der Waals surface area (Å²) >= 11 is 0. The molecule has 0 aliphatic rings. The molecule has 4 aromatic rings. The molecule has 0 radical (unpaired) electrons. The highest BCUT2D eigenvalue weighted by molar-refractivity contribution is 5.85. The molecular weight excluding hydrogens is 202 g/mol. The predicted octanol–water partition coefficient (Wildman–Crippen LogP) is 2.63. The summed E-state index contributed by atoms with van der Waals surface area (Å²) in [5, 5.41) is 0. The molecule has 0 unspecified atom stereocenters. The number of rotatable bonds is 0. The molecule has 0 aliphatic heterocycles. The number of hydrogen-bond donors (Lipinski definition) is 0. The predicted molar refractivity (Wildman–Crippen MR) is 60.3 cm³/mol. The maximum Gasteiger partial charge on any atom is 0.309 e. The summed E-state index contributed by atoms with van der Waals surface area (Å²) in [4.78, 5) is 8.54. The minimum absolute atomic E-state index is 0.593.